The number of sulfonamides is 2. The highest BCUT2D eigenvalue weighted by Crippen LogP contribution is 2.37. The van der Waals surface area contributed by atoms with Gasteiger partial charge in [0.15, 0.2) is 6.10 Å². The summed E-state index contributed by atoms with van der Waals surface area (Å²) in [6, 6.07) is 20.9. The zero-order valence-electron chi connectivity index (χ0n) is 20.1. The highest BCUT2D eigenvalue weighted by atomic mass is 35.5. The number of hydrogen-bond donors (Lipinski definition) is 2. The van der Waals surface area contributed by atoms with E-state index in [0.29, 0.717) is 22.1 Å². The van der Waals surface area contributed by atoms with Crippen LogP contribution in [0, 0.1) is 0 Å². The van der Waals surface area contributed by atoms with Crippen LogP contribution < -0.4 is 19.1 Å². The van der Waals surface area contributed by atoms with E-state index in [-0.39, 0.29) is 22.1 Å². The lowest BCUT2D eigenvalue weighted by Gasteiger charge is -2.34. The lowest BCUT2D eigenvalue weighted by atomic mass is 10.2. The van der Waals surface area contributed by atoms with Crippen molar-refractivity contribution in [3.8, 4) is 5.75 Å². The van der Waals surface area contributed by atoms with Crippen LogP contribution in [0.25, 0.3) is 0 Å². The fourth-order valence-electron chi connectivity index (χ4n) is 3.88. The Bertz CT molecular complexity index is 1720. The number of carbonyl (C=O) groups is 1. The largest absolute Gasteiger partial charge is 0.476 e. The number of hydrogen-bond acceptors (Lipinski definition) is 7. The molecule has 2 heterocycles. The Morgan fingerprint density at radius 2 is 1.56 bits per heavy atom. The van der Waals surface area contributed by atoms with Gasteiger partial charge in [-0.3, -0.25) is 18.8 Å². The van der Waals surface area contributed by atoms with Crippen LogP contribution in [0.4, 0.5) is 17.1 Å². The Morgan fingerprint density at radius 1 is 0.872 bits per heavy atom. The van der Waals surface area contributed by atoms with Gasteiger partial charge in [-0.1, -0.05) is 23.7 Å². The molecule has 10 nitrogen and oxygen atoms in total. The molecule has 1 atom stereocenters. The molecule has 0 radical (unpaired) electrons. The minimum Gasteiger partial charge on any atom is -0.476 e. The van der Waals surface area contributed by atoms with E-state index in [1.165, 1.54) is 60.9 Å². The van der Waals surface area contributed by atoms with E-state index < -0.39 is 32.1 Å². The van der Waals surface area contributed by atoms with Gasteiger partial charge < -0.3 is 10.1 Å². The number of fused-ring (bicyclic) bond motifs is 1. The first kappa shape index (κ1) is 26.5. The van der Waals surface area contributed by atoms with Gasteiger partial charge in [-0.25, -0.2) is 16.8 Å². The minimum absolute atomic E-state index is 0.0134. The number of ether oxygens (including phenoxy) is 1. The summed E-state index contributed by atoms with van der Waals surface area (Å²) in [5, 5.41) is 3.05. The summed E-state index contributed by atoms with van der Waals surface area (Å²) in [5.41, 5.74) is 0.907. The molecular formula is C26H21ClN4O6S2. The third-order valence-corrected chi connectivity index (χ3v) is 9.22. The molecule has 0 saturated carbocycles. The first-order valence-corrected chi connectivity index (χ1v) is 14.8. The van der Waals surface area contributed by atoms with Crippen LogP contribution in [0.5, 0.6) is 5.75 Å². The van der Waals surface area contributed by atoms with Gasteiger partial charge in [0, 0.05) is 16.9 Å². The van der Waals surface area contributed by atoms with Crippen molar-refractivity contribution in [1.82, 2.24) is 4.98 Å². The molecular weight excluding hydrogens is 564 g/mol. The average molecular weight is 585 g/mol. The van der Waals surface area contributed by atoms with Gasteiger partial charge in [-0.2, -0.15) is 0 Å². The Hall–Kier alpha value is -4.13. The maximum atomic E-state index is 13.5. The number of anilines is 3. The fraction of sp³-hybridized carbons (Fsp3) is 0.0769. The fourth-order valence-corrected chi connectivity index (χ4v) is 6.52. The monoisotopic (exact) mass is 584 g/mol. The van der Waals surface area contributed by atoms with E-state index in [1.807, 2.05) is 0 Å². The van der Waals surface area contributed by atoms with Crippen molar-refractivity contribution in [3.63, 3.8) is 0 Å². The number of amides is 1. The van der Waals surface area contributed by atoms with Crippen LogP contribution in [-0.2, 0) is 24.8 Å². The second kappa shape index (κ2) is 10.6. The number of para-hydroxylation sites is 2. The van der Waals surface area contributed by atoms with E-state index in [9.17, 15) is 21.6 Å². The lowest BCUT2D eigenvalue weighted by molar-refractivity contribution is -0.122. The second-order valence-electron chi connectivity index (χ2n) is 8.43. The SMILES string of the molecule is O=C(Nc1ccc(S(=O)(=O)Nc2cccnc2)cc1)C1CN(S(=O)(=O)c2ccc(Cl)cc2)c2ccccc2O1. The normalized spacial score (nSPS) is 15.1. The number of rotatable bonds is 7. The predicted molar refractivity (Wildman–Crippen MR) is 147 cm³/mol. The summed E-state index contributed by atoms with van der Waals surface area (Å²) in [4.78, 5) is 17.0. The minimum atomic E-state index is -4.04. The van der Waals surface area contributed by atoms with Crippen molar-refractivity contribution >= 4 is 54.6 Å². The first-order chi connectivity index (χ1) is 18.6. The highest BCUT2D eigenvalue weighted by molar-refractivity contribution is 7.93. The smallest absolute Gasteiger partial charge is 0.267 e. The summed E-state index contributed by atoms with van der Waals surface area (Å²) in [6.07, 6.45) is 1.72. The van der Waals surface area contributed by atoms with Gasteiger partial charge in [0.05, 0.1) is 33.9 Å². The van der Waals surface area contributed by atoms with Crippen molar-refractivity contribution in [1.29, 1.82) is 0 Å². The van der Waals surface area contributed by atoms with Gasteiger partial charge in [-0.15, -0.1) is 0 Å². The van der Waals surface area contributed by atoms with Crippen molar-refractivity contribution in [2.45, 2.75) is 15.9 Å². The molecule has 1 aliphatic heterocycles. The third-order valence-electron chi connectivity index (χ3n) is 5.77. The van der Waals surface area contributed by atoms with Gasteiger partial charge >= 0.3 is 0 Å². The molecule has 3 aromatic carbocycles. The summed E-state index contributed by atoms with van der Waals surface area (Å²) in [7, 11) is -7.92. The summed E-state index contributed by atoms with van der Waals surface area (Å²) in [6.45, 7) is -0.282. The van der Waals surface area contributed by atoms with E-state index in [0.717, 1.165) is 4.31 Å². The molecule has 2 N–H and O–H groups in total. The Kier molecular flexibility index (Phi) is 7.17. The van der Waals surface area contributed by atoms with Crippen molar-refractivity contribution in [3.05, 3.63) is 102 Å². The predicted octanol–water partition coefficient (Wildman–Crippen LogP) is 4.13. The van der Waals surface area contributed by atoms with E-state index in [2.05, 4.69) is 15.0 Å². The molecule has 0 spiro atoms. The number of nitrogens with one attached hydrogen (secondary N) is 2. The second-order valence-corrected chi connectivity index (χ2v) is 12.4. The molecule has 4 aromatic rings. The summed E-state index contributed by atoms with van der Waals surface area (Å²) in [5.74, 6) is -0.380. The maximum absolute atomic E-state index is 13.5. The van der Waals surface area contributed by atoms with Crippen LogP contribution >= 0.6 is 11.6 Å². The van der Waals surface area contributed by atoms with Gasteiger partial charge in [0.25, 0.3) is 26.0 Å². The number of pyridine rings is 1. The molecule has 1 aliphatic rings. The number of carbonyl (C=O) groups excluding carboxylic acids is 1. The molecule has 0 saturated heterocycles. The molecule has 200 valence electrons. The zero-order valence-corrected chi connectivity index (χ0v) is 22.4. The standard InChI is InChI=1S/C26H21ClN4O6S2/c27-18-7-11-22(12-8-18)39(35,36)31-17-25(37-24-6-2-1-5-23(24)31)26(32)29-19-9-13-21(14-10-19)38(33,34)30-20-4-3-15-28-16-20/h1-16,25,30H,17H2,(H,29,32). The van der Waals surface area contributed by atoms with Gasteiger partial charge in [-0.05, 0) is 72.8 Å². The molecule has 0 aliphatic carbocycles. The number of halogens is 1. The van der Waals surface area contributed by atoms with Gasteiger partial charge in [0.2, 0.25) is 0 Å². The molecule has 0 fully saturated rings. The molecule has 39 heavy (non-hydrogen) atoms. The molecule has 0 bridgehead atoms. The van der Waals surface area contributed by atoms with E-state index in [1.54, 1.807) is 36.4 Å². The van der Waals surface area contributed by atoms with E-state index in [4.69, 9.17) is 16.3 Å². The Morgan fingerprint density at radius 3 is 2.26 bits per heavy atom. The highest BCUT2D eigenvalue weighted by Gasteiger charge is 2.37. The zero-order chi connectivity index (χ0) is 27.6. The molecule has 1 unspecified atom stereocenters. The summed E-state index contributed by atoms with van der Waals surface area (Å²) >= 11 is 5.92. The maximum Gasteiger partial charge on any atom is 0.267 e. The van der Waals surface area contributed by atoms with E-state index >= 15 is 0 Å². The van der Waals surface area contributed by atoms with Gasteiger partial charge in [0.1, 0.15) is 5.75 Å². The molecule has 13 heteroatoms. The van der Waals surface area contributed by atoms with Crippen molar-refractivity contribution in [2.75, 3.05) is 20.9 Å². The van der Waals surface area contributed by atoms with Crippen molar-refractivity contribution < 1.29 is 26.4 Å². The number of aromatic nitrogens is 1. The van der Waals surface area contributed by atoms with Crippen molar-refractivity contribution in [2.24, 2.45) is 0 Å². The Labute approximate surface area is 230 Å². The topological polar surface area (TPSA) is 135 Å². The first-order valence-electron chi connectivity index (χ1n) is 11.5. The Balaban J connectivity index is 1.34. The quantitative estimate of drug-likeness (QED) is 0.333. The molecule has 1 amide bonds. The lowest BCUT2D eigenvalue weighted by Crippen LogP contribution is -2.48. The molecule has 1 aromatic heterocycles. The summed E-state index contributed by atoms with van der Waals surface area (Å²) < 4.78 is 61.6. The average Bonchev–Trinajstić information content (AvgIpc) is 2.93. The third kappa shape index (κ3) is 5.67. The van der Waals surface area contributed by atoms with Crippen LogP contribution in [0.1, 0.15) is 0 Å². The van der Waals surface area contributed by atoms with Crippen LogP contribution in [-0.4, -0.2) is 40.4 Å². The number of nitrogens with zero attached hydrogens (tertiary/aromatic N) is 2. The van der Waals surface area contributed by atoms with Crippen LogP contribution in [0.3, 0.4) is 0 Å². The van der Waals surface area contributed by atoms with Crippen LogP contribution in [0.2, 0.25) is 5.02 Å². The molecule has 5 rings (SSSR count). The number of benzene rings is 3. The van der Waals surface area contributed by atoms with Crippen LogP contribution in [0.15, 0.2) is 107 Å².